The van der Waals surface area contributed by atoms with Crippen LogP contribution in [-0.4, -0.2) is 63.7 Å². The first-order valence-corrected chi connectivity index (χ1v) is 21.1. The molecule has 58 heavy (non-hydrogen) atoms. The smallest absolute Gasteiger partial charge is 0.407 e. The summed E-state index contributed by atoms with van der Waals surface area (Å²) in [5, 5.41) is 7.21. The highest BCUT2D eigenvalue weighted by molar-refractivity contribution is 7.93. The minimum absolute atomic E-state index is 0.0857. The van der Waals surface area contributed by atoms with Gasteiger partial charge in [0.15, 0.2) is 5.13 Å². The number of ether oxygens (including phenoxy) is 5. The maximum absolute atomic E-state index is 16.1. The second-order valence-corrected chi connectivity index (χ2v) is 18.7. The molecule has 2 N–H and O–H groups in total. The van der Waals surface area contributed by atoms with Crippen molar-refractivity contribution in [1.29, 1.82) is 0 Å². The molecular formula is C41H52ClFN4O9S2. The van der Waals surface area contributed by atoms with Crippen LogP contribution in [0.4, 0.5) is 19.1 Å². The third-order valence-electron chi connectivity index (χ3n) is 8.57. The van der Waals surface area contributed by atoms with Gasteiger partial charge in [-0.05, 0) is 91.1 Å². The first kappa shape index (κ1) is 45.9. The molecule has 0 unspecified atom stereocenters. The van der Waals surface area contributed by atoms with Gasteiger partial charge in [0.05, 0.1) is 32.4 Å². The van der Waals surface area contributed by atoms with Gasteiger partial charge in [0.1, 0.15) is 39.2 Å². The number of amides is 2. The van der Waals surface area contributed by atoms with Crippen LogP contribution in [0.5, 0.6) is 17.2 Å². The van der Waals surface area contributed by atoms with E-state index in [9.17, 15) is 18.0 Å². The van der Waals surface area contributed by atoms with Gasteiger partial charge >= 0.3 is 12.2 Å². The van der Waals surface area contributed by atoms with Crippen molar-refractivity contribution in [3.05, 3.63) is 93.2 Å². The third kappa shape index (κ3) is 12.9. The molecule has 2 amide bonds. The average Bonchev–Trinajstić information content (AvgIpc) is 3.66. The van der Waals surface area contributed by atoms with Crippen LogP contribution < -0.4 is 29.1 Å². The van der Waals surface area contributed by atoms with Crippen LogP contribution in [0, 0.1) is 18.7 Å². The molecule has 4 rings (SSSR count). The number of alkyl carbamates (subject to hydrolysis) is 2. The van der Waals surface area contributed by atoms with Crippen molar-refractivity contribution in [2.45, 2.75) is 97.0 Å². The van der Waals surface area contributed by atoms with Crippen LogP contribution in [0.1, 0.15) is 70.7 Å². The molecule has 1 heterocycles. The van der Waals surface area contributed by atoms with E-state index in [2.05, 4.69) is 15.6 Å². The van der Waals surface area contributed by atoms with E-state index in [-0.39, 0.29) is 35.6 Å². The van der Waals surface area contributed by atoms with Gasteiger partial charge in [-0.15, -0.1) is 11.3 Å². The first-order valence-electron chi connectivity index (χ1n) is 18.4. The van der Waals surface area contributed by atoms with Gasteiger partial charge in [0.25, 0.3) is 10.0 Å². The Morgan fingerprint density at radius 1 is 0.914 bits per heavy atom. The van der Waals surface area contributed by atoms with E-state index >= 15 is 4.39 Å². The van der Waals surface area contributed by atoms with E-state index in [1.54, 1.807) is 72.0 Å². The fourth-order valence-corrected chi connectivity index (χ4v) is 8.36. The molecule has 0 spiro atoms. The summed E-state index contributed by atoms with van der Waals surface area (Å²) in [5.41, 5.74) is 1.67. The monoisotopic (exact) mass is 862 g/mol. The number of aryl methyl sites for hydroxylation is 1. The van der Waals surface area contributed by atoms with E-state index < -0.39 is 56.1 Å². The Morgan fingerprint density at radius 3 is 2.21 bits per heavy atom. The number of aromatic nitrogens is 1. The molecule has 0 radical (unpaired) electrons. The van der Waals surface area contributed by atoms with Crippen LogP contribution in [0.2, 0.25) is 5.02 Å². The van der Waals surface area contributed by atoms with Crippen molar-refractivity contribution >= 4 is 50.3 Å². The third-order valence-corrected chi connectivity index (χ3v) is 11.5. The molecule has 13 nitrogen and oxygen atoms in total. The topological polar surface area (TPSA) is 155 Å². The SMILES string of the molecule is COc1ccc(CN(c2nccs2)S(=O)(=O)c2cc(Cl)c(OC[C@H](Cc3cc(C)ccc3CNC(=O)OC(C)(C)C)[C@@H](C)NC(=O)OC(C)(C)C)cc2F)c(OC)c1. The van der Waals surface area contributed by atoms with Gasteiger partial charge in [-0.3, -0.25) is 0 Å². The predicted molar refractivity (Wildman–Crippen MR) is 222 cm³/mol. The van der Waals surface area contributed by atoms with Crippen molar-refractivity contribution in [2.24, 2.45) is 5.92 Å². The van der Waals surface area contributed by atoms with Crippen LogP contribution >= 0.6 is 22.9 Å². The van der Waals surface area contributed by atoms with Crippen molar-refractivity contribution in [2.75, 3.05) is 25.1 Å². The summed E-state index contributed by atoms with van der Waals surface area (Å²) < 4.78 is 73.3. The van der Waals surface area contributed by atoms with E-state index in [1.807, 2.05) is 25.1 Å². The lowest BCUT2D eigenvalue weighted by Gasteiger charge is -2.28. The van der Waals surface area contributed by atoms with E-state index in [0.29, 0.717) is 23.5 Å². The Hall–Kier alpha value is -4.80. The molecule has 316 valence electrons. The van der Waals surface area contributed by atoms with Crippen LogP contribution in [-0.2, 0) is 39.0 Å². The van der Waals surface area contributed by atoms with Gasteiger partial charge in [-0.25, -0.2) is 31.7 Å². The van der Waals surface area contributed by atoms with Crippen LogP contribution in [0.25, 0.3) is 0 Å². The highest BCUT2D eigenvalue weighted by Gasteiger charge is 2.33. The Bertz CT molecular complexity index is 2160. The second-order valence-electron chi connectivity index (χ2n) is 15.6. The molecule has 4 aromatic rings. The average molecular weight is 863 g/mol. The molecule has 0 aliphatic rings. The molecule has 2 atom stereocenters. The Morgan fingerprint density at radius 2 is 1.59 bits per heavy atom. The first-order chi connectivity index (χ1) is 27.1. The Kier molecular flexibility index (Phi) is 15.3. The van der Waals surface area contributed by atoms with Gasteiger partial charge in [0, 0.05) is 47.8 Å². The van der Waals surface area contributed by atoms with Gasteiger partial charge in [-0.2, -0.15) is 0 Å². The number of anilines is 1. The Balaban J connectivity index is 1.64. The molecule has 1 aromatic heterocycles. The second kappa shape index (κ2) is 19.3. The number of benzene rings is 3. The van der Waals surface area contributed by atoms with Crippen molar-refractivity contribution < 1.29 is 46.1 Å². The van der Waals surface area contributed by atoms with Crippen LogP contribution in [0.15, 0.2) is 65.0 Å². The zero-order chi connectivity index (χ0) is 43.0. The lowest BCUT2D eigenvalue weighted by Crippen LogP contribution is -2.43. The number of rotatable bonds is 16. The molecule has 0 fully saturated rings. The van der Waals surface area contributed by atoms with Crippen molar-refractivity contribution in [3.63, 3.8) is 0 Å². The number of halogens is 2. The molecule has 0 saturated heterocycles. The summed E-state index contributed by atoms with van der Waals surface area (Å²) in [7, 11) is -1.66. The summed E-state index contributed by atoms with van der Waals surface area (Å²) in [6.45, 7) is 14.1. The van der Waals surface area contributed by atoms with E-state index in [0.717, 1.165) is 44.5 Å². The highest BCUT2D eigenvalue weighted by Crippen LogP contribution is 2.36. The normalized spacial score (nSPS) is 12.9. The number of sulfonamides is 1. The van der Waals surface area contributed by atoms with Gasteiger partial charge in [-0.1, -0.05) is 35.4 Å². The summed E-state index contributed by atoms with van der Waals surface area (Å²) in [5.74, 6) is -0.809. The molecule has 0 bridgehead atoms. The standard InChI is InChI=1S/C41H52ClFN4O9S2/c1-25-11-12-27(22-45-38(48)55-40(3,4)5)29(17-25)18-30(26(2)46-39(49)56-41(6,7)8)24-54-35-21-33(43)36(20-32(35)42)58(50,51)47(37-44-15-16-57-37)23-28-13-14-31(52-9)19-34(28)53-10/h11-17,19-21,26,30H,18,22-24H2,1-10H3,(H,45,48)(H,46,49)/t26-,30+/m1/s1. The minimum Gasteiger partial charge on any atom is -0.497 e. The quantitative estimate of drug-likeness (QED) is 0.112. The zero-order valence-electron chi connectivity index (χ0n) is 34.4. The van der Waals surface area contributed by atoms with Crippen molar-refractivity contribution in [1.82, 2.24) is 15.6 Å². The number of hydrogen-bond acceptors (Lipinski definition) is 11. The van der Waals surface area contributed by atoms with E-state index in [1.165, 1.54) is 20.4 Å². The fourth-order valence-electron chi connectivity index (χ4n) is 5.74. The minimum atomic E-state index is -4.60. The number of carbonyl (C=O) groups excluding carboxylic acids is 2. The summed E-state index contributed by atoms with van der Waals surface area (Å²) in [4.78, 5) is 28.9. The molecular weight excluding hydrogens is 811 g/mol. The largest absolute Gasteiger partial charge is 0.497 e. The summed E-state index contributed by atoms with van der Waals surface area (Å²) in [6, 6.07) is 12.1. The maximum atomic E-state index is 16.1. The number of nitrogens with zero attached hydrogens (tertiary/aromatic N) is 2. The highest BCUT2D eigenvalue weighted by atomic mass is 35.5. The molecule has 0 aliphatic carbocycles. The molecule has 0 aliphatic heterocycles. The number of thiazole rings is 1. The number of nitrogens with one attached hydrogen (secondary N) is 2. The number of methoxy groups -OCH3 is 2. The molecule has 3 aromatic carbocycles. The van der Waals surface area contributed by atoms with E-state index in [4.69, 9.17) is 35.3 Å². The number of carbonyl (C=O) groups is 2. The zero-order valence-corrected chi connectivity index (χ0v) is 36.8. The molecule has 17 heteroatoms. The van der Waals surface area contributed by atoms with Crippen LogP contribution in [0.3, 0.4) is 0 Å². The fraction of sp³-hybridized carbons (Fsp3) is 0.439. The van der Waals surface area contributed by atoms with Gasteiger partial charge < -0.3 is 34.3 Å². The summed E-state index contributed by atoms with van der Waals surface area (Å²) in [6.07, 6.45) is 0.571. The number of hydrogen-bond donors (Lipinski definition) is 2. The van der Waals surface area contributed by atoms with Gasteiger partial charge in [0.2, 0.25) is 0 Å². The summed E-state index contributed by atoms with van der Waals surface area (Å²) >= 11 is 7.72. The van der Waals surface area contributed by atoms with Crippen molar-refractivity contribution in [3.8, 4) is 17.2 Å². The predicted octanol–water partition coefficient (Wildman–Crippen LogP) is 8.83. The maximum Gasteiger partial charge on any atom is 0.407 e. The Labute approximate surface area is 349 Å². The lowest BCUT2D eigenvalue weighted by atomic mass is 9.90. The lowest BCUT2D eigenvalue weighted by molar-refractivity contribution is 0.0477. The molecule has 0 saturated carbocycles.